The minimum absolute atomic E-state index is 0.0878. The van der Waals surface area contributed by atoms with Gasteiger partial charge in [-0.25, -0.2) is 4.98 Å². The molecule has 0 radical (unpaired) electrons. The molecule has 0 saturated carbocycles. The number of benzene rings is 1. The first-order chi connectivity index (χ1) is 9.95. The standard InChI is InChI=1S/C15H18F2N2OS/c1-9-8-21-14(18-9)11(3)19-10(2)12-4-6-13(7-5-12)20-15(16)17/h4-8,10-11,15,19H,1-3H3. The highest BCUT2D eigenvalue weighted by molar-refractivity contribution is 7.09. The molecular formula is C15H18F2N2OS. The number of thiazole rings is 1. The molecule has 1 aromatic carbocycles. The first-order valence-corrected chi connectivity index (χ1v) is 7.56. The molecule has 0 amide bonds. The Morgan fingerprint density at radius 2 is 1.81 bits per heavy atom. The Labute approximate surface area is 127 Å². The van der Waals surface area contributed by atoms with Crippen LogP contribution in [0.2, 0.25) is 0 Å². The zero-order valence-corrected chi connectivity index (χ0v) is 13.0. The third-order valence-electron chi connectivity index (χ3n) is 3.11. The van der Waals surface area contributed by atoms with E-state index >= 15 is 0 Å². The molecule has 2 rings (SSSR count). The Kier molecular flexibility index (Phi) is 5.25. The molecule has 1 N–H and O–H groups in total. The van der Waals surface area contributed by atoms with Crippen molar-refractivity contribution in [3.05, 3.63) is 45.9 Å². The van der Waals surface area contributed by atoms with Crippen molar-refractivity contribution in [2.24, 2.45) is 0 Å². The Morgan fingerprint density at radius 3 is 2.33 bits per heavy atom. The average molecular weight is 312 g/mol. The van der Waals surface area contributed by atoms with E-state index in [2.05, 4.69) is 22.0 Å². The normalized spacial score (nSPS) is 14.2. The number of hydrogen-bond donors (Lipinski definition) is 1. The summed E-state index contributed by atoms with van der Waals surface area (Å²) in [6.07, 6.45) is 0. The van der Waals surface area contributed by atoms with Crippen LogP contribution in [-0.4, -0.2) is 11.6 Å². The number of alkyl halides is 2. The summed E-state index contributed by atoms with van der Waals surface area (Å²) >= 11 is 1.63. The van der Waals surface area contributed by atoms with E-state index in [0.717, 1.165) is 16.3 Å². The summed E-state index contributed by atoms with van der Waals surface area (Å²) in [6.45, 7) is 3.26. The number of hydrogen-bond acceptors (Lipinski definition) is 4. The third-order valence-corrected chi connectivity index (χ3v) is 4.26. The lowest BCUT2D eigenvalue weighted by Crippen LogP contribution is -2.22. The number of rotatable bonds is 6. The van der Waals surface area contributed by atoms with Gasteiger partial charge in [-0.15, -0.1) is 11.3 Å². The first kappa shape index (κ1) is 15.9. The summed E-state index contributed by atoms with van der Waals surface area (Å²) in [7, 11) is 0. The third kappa shape index (κ3) is 4.47. The van der Waals surface area contributed by atoms with E-state index in [1.807, 2.05) is 19.2 Å². The largest absolute Gasteiger partial charge is 0.435 e. The molecule has 6 heteroatoms. The maximum atomic E-state index is 12.1. The summed E-state index contributed by atoms with van der Waals surface area (Å²) in [4.78, 5) is 4.46. The van der Waals surface area contributed by atoms with Gasteiger partial charge in [-0.2, -0.15) is 8.78 Å². The average Bonchev–Trinajstić information content (AvgIpc) is 2.85. The Morgan fingerprint density at radius 1 is 1.14 bits per heavy atom. The number of nitrogens with zero attached hydrogens (tertiary/aromatic N) is 1. The molecule has 1 aromatic heterocycles. The second kappa shape index (κ2) is 6.95. The van der Waals surface area contributed by atoms with E-state index in [9.17, 15) is 8.78 Å². The quantitative estimate of drug-likeness (QED) is 0.855. The SMILES string of the molecule is Cc1csc(C(C)NC(C)c2ccc(OC(F)F)cc2)n1. The first-order valence-electron chi connectivity index (χ1n) is 6.68. The van der Waals surface area contributed by atoms with Crippen LogP contribution in [0.1, 0.15) is 42.2 Å². The fraction of sp³-hybridized carbons (Fsp3) is 0.400. The van der Waals surface area contributed by atoms with Gasteiger partial charge in [0.05, 0.1) is 6.04 Å². The molecule has 0 spiro atoms. The van der Waals surface area contributed by atoms with Crippen LogP contribution in [0.3, 0.4) is 0 Å². The van der Waals surface area contributed by atoms with Gasteiger partial charge in [0.25, 0.3) is 0 Å². The second-order valence-electron chi connectivity index (χ2n) is 4.88. The molecular weight excluding hydrogens is 294 g/mol. The van der Waals surface area contributed by atoms with E-state index < -0.39 is 6.61 Å². The number of nitrogens with one attached hydrogen (secondary N) is 1. The van der Waals surface area contributed by atoms with Crippen molar-refractivity contribution in [1.29, 1.82) is 0 Å². The second-order valence-corrected chi connectivity index (χ2v) is 5.77. The zero-order valence-electron chi connectivity index (χ0n) is 12.1. The minimum Gasteiger partial charge on any atom is -0.435 e. The highest BCUT2D eigenvalue weighted by Gasteiger charge is 2.14. The summed E-state index contributed by atoms with van der Waals surface area (Å²) in [5.41, 5.74) is 2.03. The maximum absolute atomic E-state index is 12.1. The van der Waals surface area contributed by atoms with Crippen molar-refractivity contribution in [2.75, 3.05) is 0 Å². The van der Waals surface area contributed by atoms with Crippen molar-refractivity contribution < 1.29 is 13.5 Å². The fourth-order valence-corrected chi connectivity index (χ4v) is 2.86. The Hall–Kier alpha value is -1.53. The van der Waals surface area contributed by atoms with Gasteiger partial charge in [0.15, 0.2) is 0 Å². The molecule has 0 aliphatic heterocycles. The Balaban J connectivity index is 1.98. The summed E-state index contributed by atoms with van der Waals surface area (Å²) in [5.74, 6) is 0.171. The van der Waals surface area contributed by atoms with Crippen LogP contribution in [0.4, 0.5) is 8.78 Å². The lowest BCUT2D eigenvalue weighted by atomic mass is 10.1. The molecule has 2 unspecified atom stereocenters. The predicted octanol–water partition coefficient (Wildman–Crippen LogP) is 4.46. The molecule has 0 aliphatic rings. The van der Waals surface area contributed by atoms with Crippen molar-refractivity contribution >= 4 is 11.3 Å². The van der Waals surface area contributed by atoms with Crippen molar-refractivity contribution in [3.63, 3.8) is 0 Å². The number of ether oxygens (including phenoxy) is 1. The van der Waals surface area contributed by atoms with Gasteiger partial charge >= 0.3 is 6.61 Å². The monoisotopic (exact) mass is 312 g/mol. The van der Waals surface area contributed by atoms with Gasteiger partial charge in [-0.1, -0.05) is 12.1 Å². The van der Waals surface area contributed by atoms with Crippen molar-refractivity contribution in [3.8, 4) is 5.75 Å². The molecule has 0 bridgehead atoms. The zero-order chi connectivity index (χ0) is 15.4. The molecule has 21 heavy (non-hydrogen) atoms. The maximum Gasteiger partial charge on any atom is 0.387 e. The fourth-order valence-electron chi connectivity index (χ4n) is 2.05. The van der Waals surface area contributed by atoms with Gasteiger partial charge in [0.2, 0.25) is 0 Å². The van der Waals surface area contributed by atoms with Crippen LogP contribution in [0.5, 0.6) is 5.75 Å². The van der Waals surface area contributed by atoms with Gasteiger partial charge in [0, 0.05) is 17.1 Å². The van der Waals surface area contributed by atoms with Crippen LogP contribution >= 0.6 is 11.3 Å². The van der Waals surface area contributed by atoms with Crippen molar-refractivity contribution in [2.45, 2.75) is 39.5 Å². The number of aryl methyl sites for hydroxylation is 1. The minimum atomic E-state index is -2.79. The van der Waals surface area contributed by atoms with E-state index in [4.69, 9.17) is 0 Å². The van der Waals surface area contributed by atoms with E-state index in [0.29, 0.717) is 0 Å². The lowest BCUT2D eigenvalue weighted by Gasteiger charge is -2.19. The molecule has 0 fully saturated rings. The highest BCUT2D eigenvalue weighted by atomic mass is 32.1. The smallest absolute Gasteiger partial charge is 0.387 e. The van der Waals surface area contributed by atoms with Crippen LogP contribution in [0.25, 0.3) is 0 Å². The predicted molar refractivity (Wildman–Crippen MR) is 79.9 cm³/mol. The topological polar surface area (TPSA) is 34.1 Å². The van der Waals surface area contributed by atoms with Gasteiger partial charge in [0.1, 0.15) is 10.8 Å². The number of aromatic nitrogens is 1. The van der Waals surface area contributed by atoms with E-state index in [-0.39, 0.29) is 17.8 Å². The summed E-state index contributed by atoms with van der Waals surface area (Å²) < 4.78 is 28.5. The van der Waals surface area contributed by atoms with Gasteiger partial charge < -0.3 is 10.1 Å². The van der Waals surface area contributed by atoms with Crippen molar-refractivity contribution in [1.82, 2.24) is 10.3 Å². The number of halogens is 2. The van der Waals surface area contributed by atoms with Crippen LogP contribution in [-0.2, 0) is 0 Å². The molecule has 114 valence electrons. The molecule has 3 nitrogen and oxygen atoms in total. The van der Waals surface area contributed by atoms with Gasteiger partial charge in [-0.3, -0.25) is 0 Å². The Bertz CT molecular complexity index is 571. The summed E-state index contributed by atoms with van der Waals surface area (Å²) in [5, 5.41) is 6.51. The molecule has 2 aromatic rings. The van der Waals surface area contributed by atoms with E-state index in [1.54, 1.807) is 35.6 Å². The molecule has 2 atom stereocenters. The van der Waals surface area contributed by atoms with Crippen LogP contribution in [0.15, 0.2) is 29.6 Å². The van der Waals surface area contributed by atoms with Gasteiger partial charge in [-0.05, 0) is 38.5 Å². The molecule has 0 aliphatic carbocycles. The highest BCUT2D eigenvalue weighted by Crippen LogP contribution is 2.23. The van der Waals surface area contributed by atoms with Crippen LogP contribution < -0.4 is 10.1 Å². The molecule has 0 saturated heterocycles. The van der Waals surface area contributed by atoms with E-state index in [1.165, 1.54) is 0 Å². The lowest BCUT2D eigenvalue weighted by molar-refractivity contribution is -0.0498. The van der Waals surface area contributed by atoms with Crippen LogP contribution in [0, 0.1) is 6.92 Å². The summed E-state index contributed by atoms with van der Waals surface area (Å²) in [6, 6.07) is 6.90. The molecule has 1 heterocycles.